The van der Waals surface area contributed by atoms with E-state index in [0.29, 0.717) is 28.6 Å². The van der Waals surface area contributed by atoms with Crippen molar-refractivity contribution < 1.29 is 4.74 Å². The first kappa shape index (κ1) is 16.4. The highest BCUT2D eigenvalue weighted by atomic mass is 16.5. The number of hydrogen-bond acceptors (Lipinski definition) is 4. The zero-order valence-electron chi connectivity index (χ0n) is 15.4. The Morgan fingerprint density at radius 2 is 1.96 bits per heavy atom. The minimum Gasteiger partial charge on any atom is -0.496 e. The summed E-state index contributed by atoms with van der Waals surface area (Å²) in [6, 6.07) is 3.93. The van der Waals surface area contributed by atoms with E-state index in [1.165, 1.54) is 0 Å². The van der Waals surface area contributed by atoms with Crippen molar-refractivity contribution in [1.82, 2.24) is 14.5 Å². The summed E-state index contributed by atoms with van der Waals surface area (Å²) >= 11 is 0. The van der Waals surface area contributed by atoms with E-state index in [2.05, 4.69) is 4.85 Å². The van der Waals surface area contributed by atoms with E-state index in [-0.39, 0.29) is 0 Å². The fourth-order valence-electron chi connectivity index (χ4n) is 3.64. The summed E-state index contributed by atoms with van der Waals surface area (Å²) in [5.74, 6) is 1.62. The van der Waals surface area contributed by atoms with Gasteiger partial charge in [0, 0.05) is 11.5 Å². The van der Waals surface area contributed by atoms with Crippen molar-refractivity contribution >= 4 is 22.7 Å². The van der Waals surface area contributed by atoms with E-state index in [4.69, 9.17) is 27.0 Å². The second-order valence-electron chi connectivity index (χ2n) is 6.88. The smallest absolute Gasteiger partial charge is 0.255 e. The zero-order valence-corrected chi connectivity index (χ0v) is 15.4. The maximum Gasteiger partial charge on any atom is 0.255 e. The number of nitrogen functional groups attached to an aromatic ring is 1. The minimum absolute atomic E-state index is 0.371. The lowest BCUT2D eigenvalue weighted by Crippen LogP contribution is -2.07. The van der Waals surface area contributed by atoms with Crippen LogP contribution < -0.4 is 10.5 Å². The molecule has 26 heavy (non-hydrogen) atoms. The topological polar surface area (TPSA) is 70.3 Å². The number of hydrogen-bond donors (Lipinski definition) is 1. The lowest BCUT2D eigenvalue weighted by Gasteiger charge is -2.17. The van der Waals surface area contributed by atoms with Crippen LogP contribution in [0.15, 0.2) is 12.1 Å². The van der Waals surface area contributed by atoms with Gasteiger partial charge in [-0.15, -0.1) is 0 Å². The molecule has 0 aliphatic heterocycles. The van der Waals surface area contributed by atoms with E-state index < -0.39 is 0 Å². The summed E-state index contributed by atoms with van der Waals surface area (Å²) in [5, 5.41) is 0. The summed E-state index contributed by atoms with van der Waals surface area (Å²) in [5.41, 5.74) is 12.8. The third-order valence-electron chi connectivity index (χ3n) is 5.11. The Kier molecular flexibility index (Phi) is 3.62. The van der Waals surface area contributed by atoms with Gasteiger partial charge < -0.3 is 10.5 Å². The second kappa shape index (κ2) is 5.73. The molecule has 3 aromatic rings. The Morgan fingerprint density at radius 3 is 2.58 bits per heavy atom. The largest absolute Gasteiger partial charge is 0.496 e. The Morgan fingerprint density at radius 1 is 1.23 bits per heavy atom. The Labute approximate surface area is 152 Å². The van der Waals surface area contributed by atoms with Crippen LogP contribution in [0, 0.1) is 27.3 Å². The first-order chi connectivity index (χ1) is 12.5. The molecule has 2 N–H and O–H groups in total. The SMILES string of the molecule is [C-]#[N+]c1c(N)n(-c2c(C)ccc(OC)c2C)c2nc(C)c(C3CC3)nc12. The van der Waals surface area contributed by atoms with E-state index in [0.717, 1.165) is 46.8 Å². The first-order valence-electron chi connectivity index (χ1n) is 8.68. The van der Waals surface area contributed by atoms with Crippen LogP contribution in [0.5, 0.6) is 5.75 Å². The van der Waals surface area contributed by atoms with Gasteiger partial charge in [0.15, 0.2) is 5.65 Å². The summed E-state index contributed by atoms with van der Waals surface area (Å²) in [7, 11) is 1.65. The Hall–Kier alpha value is -3.07. The number of aromatic nitrogens is 3. The number of methoxy groups -OCH3 is 1. The summed E-state index contributed by atoms with van der Waals surface area (Å²) in [6.45, 7) is 13.6. The van der Waals surface area contributed by atoms with Crippen LogP contribution in [0.1, 0.15) is 41.3 Å². The molecule has 0 bridgehead atoms. The average molecular weight is 347 g/mol. The van der Waals surface area contributed by atoms with Gasteiger partial charge in [-0.25, -0.2) is 9.83 Å². The molecule has 4 rings (SSSR count). The standard InChI is InChI=1S/C20H21N5O/c1-10-6-9-14(26-5)11(2)18(10)25-19(21)16(22-4)17-20(25)23-12(3)15(24-17)13-7-8-13/h6,9,13H,7-8,21H2,1-3,5H3. The molecule has 1 aromatic carbocycles. The number of aryl methyl sites for hydroxylation is 2. The number of rotatable bonds is 3. The highest BCUT2D eigenvalue weighted by Crippen LogP contribution is 2.44. The van der Waals surface area contributed by atoms with Crippen LogP contribution in [0.4, 0.5) is 11.5 Å². The number of fused-ring (bicyclic) bond motifs is 1. The predicted octanol–water partition coefficient (Wildman–Crippen LogP) is 4.36. The third-order valence-corrected chi connectivity index (χ3v) is 5.11. The van der Waals surface area contributed by atoms with Gasteiger partial charge in [-0.3, -0.25) is 9.55 Å². The van der Waals surface area contributed by atoms with Crippen molar-refractivity contribution in [3.8, 4) is 11.4 Å². The van der Waals surface area contributed by atoms with Crippen LogP contribution in [0.2, 0.25) is 0 Å². The molecule has 1 saturated carbocycles. The molecule has 2 heterocycles. The number of nitrogens with zero attached hydrogens (tertiary/aromatic N) is 4. The summed E-state index contributed by atoms with van der Waals surface area (Å²) in [4.78, 5) is 13.3. The zero-order chi connectivity index (χ0) is 18.6. The third kappa shape index (κ3) is 2.24. The number of ether oxygens (including phenoxy) is 1. The Bertz CT molecular complexity index is 1090. The van der Waals surface area contributed by atoms with E-state index in [1.807, 2.05) is 37.5 Å². The van der Waals surface area contributed by atoms with Gasteiger partial charge >= 0.3 is 0 Å². The molecule has 0 atom stereocenters. The van der Waals surface area contributed by atoms with Crippen LogP contribution in [0.25, 0.3) is 21.7 Å². The molecule has 6 nitrogen and oxygen atoms in total. The van der Waals surface area contributed by atoms with E-state index >= 15 is 0 Å². The maximum absolute atomic E-state index is 7.61. The van der Waals surface area contributed by atoms with Gasteiger partial charge in [-0.2, -0.15) is 0 Å². The van der Waals surface area contributed by atoms with Crippen LogP contribution in [0.3, 0.4) is 0 Å². The minimum atomic E-state index is 0.371. The highest BCUT2D eigenvalue weighted by molar-refractivity contribution is 5.97. The molecule has 0 radical (unpaired) electrons. The normalized spacial score (nSPS) is 13.8. The van der Waals surface area contributed by atoms with Crippen molar-refractivity contribution in [2.75, 3.05) is 12.8 Å². The molecule has 132 valence electrons. The fourth-order valence-corrected chi connectivity index (χ4v) is 3.64. The van der Waals surface area contributed by atoms with Crippen molar-refractivity contribution in [2.24, 2.45) is 0 Å². The van der Waals surface area contributed by atoms with Crippen LogP contribution in [-0.4, -0.2) is 21.6 Å². The molecule has 0 amide bonds. The molecule has 1 aliphatic rings. The second-order valence-corrected chi connectivity index (χ2v) is 6.88. The van der Waals surface area contributed by atoms with Crippen LogP contribution >= 0.6 is 0 Å². The highest BCUT2D eigenvalue weighted by Gasteiger charge is 2.30. The molecule has 1 fully saturated rings. The van der Waals surface area contributed by atoms with Crippen LogP contribution in [-0.2, 0) is 0 Å². The first-order valence-corrected chi connectivity index (χ1v) is 8.68. The van der Waals surface area contributed by atoms with Crippen molar-refractivity contribution in [3.63, 3.8) is 0 Å². The maximum atomic E-state index is 7.61. The molecular weight excluding hydrogens is 326 g/mol. The van der Waals surface area contributed by atoms with E-state index in [1.54, 1.807) is 7.11 Å². The van der Waals surface area contributed by atoms with Gasteiger partial charge in [0.1, 0.15) is 17.1 Å². The lowest BCUT2D eigenvalue weighted by atomic mass is 10.1. The Balaban J connectivity index is 2.10. The fraction of sp³-hybridized carbons (Fsp3) is 0.350. The van der Waals surface area contributed by atoms with Crippen molar-refractivity contribution in [3.05, 3.63) is 46.1 Å². The van der Waals surface area contributed by atoms with Crippen molar-refractivity contribution in [1.29, 1.82) is 0 Å². The lowest BCUT2D eigenvalue weighted by molar-refractivity contribution is 0.411. The van der Waals surface area contributed by atoms with Gasteiger partial charge in [-0.05, 0) is 45.2 Å². The van der Waals surface area contributed by atoms with Gasteiger partial charge in [0.05, 0.1) is 30.8 Å². The van der Waals surface area contributed by atoms with Gasteiger partial charge in [0.25, 0.3) is 5.69 Å². The molecule has 0 spiro atoms. The molecule has 0 unspecified atom stereocenters. The quantitative estimate of drug-likeness (QED) is 0.715. The number of anilines is 1. The molecule has 6 heteroatoms. The van der Waals surface area contributed by atoms with Crippen molar-refractivity contribution in [2.45, 2.75) is 39.5 Å². The predicted molar refractivity (Wildman–Crippen MR) is 102 cm³/mol. The van der Waals surface area contributed by atoms with Gasteiger partial charge in [-0.1, -0.05) is 6.07 Å². The van der Waals surface area contributed by atoms with Gasteiger partial charge in [0.2, 0.25) is 0 Å². The molecule has 0 saturated heterocycles. The van der Waals surface area contributed by atoms with E-state index in [9.17, 15) is 0 Å². The summed E-state index contributed by atoms with van der Waals surface area (Å²) in [6.07, 6.45) is 2.28. The number of nitrogens with two attached hydrogens (primary N) is 1. The molecular formula is C20H21N5O. The average Bonchev–Trinajstić information content (AvgIpc) is 3.41. The monoisotopic (exact) mass is 347 g/mol. The number of benzene rings is 1. The molecule has 2 aromatic heterocycles. The summed E-state index contributed by atoms with van der Waals surface area (Å²) < 4.78 is 7.33. The molecule has 1 aliphatic carbocycles.